The maximum Gasteiger partial charge on any atom is 0.125 e. The third-order valence-electron chi connectivity index (χ3n) is 4.86. The summed E-state index contributed by atoms with van der Waals surface area (Å²) in [6, 6.07) is 13.2. The van der Waals surface area contributed by atoms with Crippen LogP contribution in [-0.4, -0.2) is 7.11 Å². The molecule has 2 heteroatoms. The summed E-state index contributed by atoms with van der Waals surface area (Å²) < 4.78 is 5.78. The molecule has 0 amide bonds. The lowest BCUT2D eigenvalue weighted by molar-refractivity contribution is 0.403. The second-order valence-corrected chi connectivity index (χ2v) is 7.73. The van der Waals surface area contributed by atoms with Gasteiger partial charge in [-0.05, 0) is 71.0 Å². The van der Waals surface area contributed by atoms with Gasteiger partial charge in [0, 0.05) is 0 Å². The van der Waals surface area contributed by atoms with Gasteiger partial charge in [-0.2, -0.15) is 5.26 Å². The van der Waals surface area contributed by atoms with E-state index in [4.69, 9.17) is 4.74 Å². The Hall–Kier alpha value is -2.27. The van der Waals surface area contributed by atoms with Gasteiger partial charge in [0.05, 0.1) is 18.7 Å². The average Bonchev–Trinajstić information content (AvgIpc) is 2.55. The zero-order valence-electron chi connectivity index (χ0n) is 15.1. The first-order chi connectivity index (χ1) is 11.4. The minimum absolute atomic E-state index is 0.127. The minimum Gasteiger partial charge on any atom is -0.496 e. The quantitative estimate of drug-likeness (QED) is 0.760. The van der Waals surface area contributed by atoms with Gasteiger partial charge >= 0.3 is 0 Å². The number of aryl methyl sites for hydroxylation is 4. The molecule has 4 bridgehead atoms. The van der Waals surface area contributed by atoms with Gasteiger partial charge in [0.1, 0.15) is 5.75 Å². The lowest BCUT2D eigenvalue weighted by Gasteiger charge is -2.24. The molecule has 0 N–H and O–H groups in total. The largest absolute Gasteiger partial charge is 0.496 e. The topological polar surface area (TPSA) is 33.0 Å². The maximum atomic E-state index is 9.26. The maximum absolute atomic E-state index is 9.26. The van der Waals surface area contributed by atoms with E-state index in [0.717, 1.165) is 37.0 Å². The molecule has 1 aliphatic rings. The summed E-state index contributed by atoms with van der Waals surface area (Å²) in [6.45, 7) is 6.78. The van der Waals surface area contributed by atoms with Crippen molar-refractivity contribution in [3.63, 3.8) is 0 Å². The molecule has 2 nitrogen and oxygen atoms in total. The minimum atomic E-state index is 0.127. The number of nitrogens with zero attached hydrogens (tertiary/aromatic N) is 1. The molecule has 124 valence electrons. The van der Waals surface area contributed by atoms with Crippen LogP contribution in [0.15, 0.2) is 30.3 Å². The summed E-state index contributed by atoms with van der Waals surface area (Å²) in [7, 11) is 1.78. The average molecular weight is 319 g/mol. The highest BCUT2D eigenvalue weighted by Gasteiger charge is 2.20. The molecule has 0 atom stereocenters. The number of fused-ring (bicyclic) bond motifs is 4. The van der Waals surface area contributed by atoms with Gasteiger partial charge in [0.15, 0.2) is 0 Å². The van der Waals surface area contributed by atoms with E-state index < -0.39 is 0 Å². The molecule has 0 heterocycles. The molecular weight excluding hydrogens is 294 g/mol. The third-order valence-corrected chi connectivity index (χ3v) is 4.86. The molecule has 0 saturated heterocycles. The number of hydrogen-bond acceptors (Lipinski definition) is 2. The number of rotatable bonds is 1. The van der Waals surface area contributed by atoms with E-state index in [-0.39, 0.29) is 5.41 Å². The third kappa shape index (κ3) is 3.31. The summed E-state index contributed by atoms with van der Waals surface area (Å²) >= 11 is 0. The summed E-state index contributed by atoms with van der Waals surface area (Å²) in [4.78, 5) is 0. The highest BCUT2D eigenvalue weighted by molar-refractivity contribution is 5.48. The van der Waals surface area contributed by atoms with Crippen LogP contribution in [0.3, 0.4) is 0 Å². The van der Waals surface area contributed by atoms with Crippen LogP contribution in [-0.2, 0) is 31.1 Å². The van der Waals surface area contributed by atoms with Crippen LogP contribution in [0.1, 0.15) is 54.2 Å². The van der Waals surface area contributed by atoms with Crippen molar-refractivity contribution in [2.45, 2.75) is 51.9 Å². The fraction of sp³-hybridized carbons (Fsp3) is 0.409. The van der Waals surface area contributed by atoms with Crippen molar-refractivity contribution in [2.24, 2.45) is 0 Å². The van der Waals surface area contributed by atoms with Crippen molar-refractivity contribution in [1.29, 1.82) is 5.26 Å². The molecule has 0 radical (unpaired) electrons. The van der Waals surface area contributed by atoms with Gasteiger partial charge in [0.2, 0.25) is 0 Å². The van der Waals surface area contributed by atoms with Crippen LogP contribution < -0.4 is 4.74 Å². The monoisotopic (exact) mass is 319 g/mol. The first-order valence-corrected chi connectivity index (χ1v) is 8.64. The van der Waals surface area contributed by atoms with Gasteiger partial charge in [-0.25, -0.2) is 0 Å². The van der Waals surface area contributed by atoms with E-state index in [2.05, 4.69) is 45.0 Å². The van der Waals surface area contributed by atoms with Crippen LogP contribution in [0.25, 0.3) is 0 Å². The summed E-state index contributed by atoms with van der Waals surface area (Å²) in [6.07, 6.45) is 3.75. The number of ether oxygens (including phenoxy) is 1. The van der Waals surface area contributed by atoms with Gasteiger partial charge in [0.25, 0.3) is 0 Å². The summed E-state index contributed by atoms with van der Waals surface area (Å²) in [5.74, 6) is 1.05. The summed E-state index contributed by atoms with van der Waals surface area (Å²) in [5, 5.41) is 9.26. The lowest BCUT2D eigenvalue weighted by Crippen LogP contribution is -2.14. The molecule has 0 aliphatic heterocycles. The van der Waals surface area contributed by atoms with Crippen molar-refractivity contribution in [3.8, 4) is 11.8 Å². The fourth-order valence-corrected chi connectivity index (χ4v) is 3.49. The molecule has 2 aromatic carbocycles. The van der Waals surface area contributed by atoms with Crippen LogP contribution in [0.4, 0.5) is 0 Å². The van der Waals surface area contributed by atoms with E-state index in [1.807, 2.05) is 12.1 Å². The SMILES string of the molecule is COc1c2cc(C(C)(C)C)cc1CCc1cc(C#N)cc(c1)CC2. The van der Waals surface area contributed by atoms with Crippen LogP contribution >= 0.6 is 0 Å². The van der Waals surface area contributed by atoms with E-state index in [9.17, 15) is 5.26 Å². The first-order valence-electron chi connectivity index (χ1n) is 8.64. The van der Waals surface area contributed by atoms with Crippen molar-refractivity contribution in [1.82, 2.24) is 0 Å². The Morgan fingerprint density at radius 3 is 1.83 bits per heavy atom. The zero-order chi connectivity index (χ0) is 17.3. The molecule has 0 spiro atoms. The summed E-state index contributed by atoms with van der Waals surface area (Å²) in [5.41, 5.74) is 7.33. The molecular formula is C22H25NO. The zero-order valence-corrected chi connectivity index (χ0v) is 15.1. The molecule has 0 unspecified atom stereocenters. The van der Waals surface area contributed by atoms with Gasteiger partial charge in [-0.15, -0.1) is 0 Å². The molecule has 1 aliphatic carbocycles. The second kappa shape index (κ2) is 6.32. The molecule has 0 aromatic heterocycles. The van der Waals surface area contributed by atoms with Crippen molar-refractivity contribution in [2.75, 3.05) is 7.11 Å². The highest BCUT2D eigenvalue weighted by Crippen LogP contribution is 2.34. The molecule has 0 fully saturated rings. The van der Waals surface area contributed by atoms with Crippen LogP contribution in [0.2, 0.25) is 0 Å². The fourth-order valence-electron chi connectivity index (χ4n) is 3.49. The normalized spacial score (nSPS) is 14.0. The molecule has 3 rings (SSSR count). The molecule has 24 heavy (non-hydrogen) atoms. The number of methoxy groups -OCH3 is 1. The first kappa shape index (κ1) is 16.6. The predicted octanol–water partition coefficient (Wildman–Crippen LogP) is 4.75. The van der Waals surface area contributed by atoms with E-state index >= 15 is 0 Å². The van der Waals surface area contributed by atoms with Crippen LogP contribution in [0, 0.1) is 11.3 Å². The van der Waals surface area contributed by atoms with E-state index in [0.29, 0.717) is 0 Å². The number of nitriles is 1. The molecule has 2 aromatic rings. The Balaban J connectivity index is 2.09. The van der Waals surface area contributed by atoms with E-state index in [1.54, 1.807) is 7.11 Å². The van der Waals surface area contributed by atoms with Crippen molar-refractivity contribution in [3.05, 3.63) is 63.7 Å². The van der Waals surface area contributed by atoms with Crippen molar-refractivity contribution >= 4 is 0 Å². The molecule has 0 saturated carbocycles. The van der Waals surface area contributed by atoms with Crippen molar-refractivity contribution < 1.29 is 4.74 Å². The number of benzene rings is 2. The highest BCUT2D eigenvalue weighted by atomic mass is 16.5. The Morgan fingerprint density at radius 1 is 0.875 bits per heavy atom. The van der Waals surface area contributed by atoms with E-state index in [1.165, 1.54) is 27.8 Å². The Bertz CT molecular complexity index is 758. The van der Waals surface area contributed by atoms with Gasteiger partial charge < -0.3 is 4.74 Å². The Kier molecular flexibility index (Phi) is 4.37. The Labute approximate surface area is 145 Å². The van der Waals surface area contributed by atoms with Gasteiger partial charge in [-0.1, -0.05) is 39.0 Å². The Morgan fingerprint density at radius 2 is 1.42 bits per heavy atom. The standard InChI is InChI=1S/C22H25NO/c1-22(2,3)20-12-18-7-5-15-9-16(11-17(10-15)14-23)6-8-19(13-20)21(18)24-4/h9-13H,5-8H2,1-4H3. The second-order valence-electron chi connectivity index (χ2n) is 7.73. The van der Waals surface area contributed by atoms with Gasteiger partial charge in [-0.3, -0.25) is 0 Å². The lowest BCUT2D eigenvalue weighted by atomic mass is 9.82. The number of hydrogen-bond donors (Lipinski definition) is 0. The van der Waals surface area contributed by atoms with Crippen LogP contribution in [0.5, 0.6) is 5.75 Å². The smallest absolute Gasteiger partial charge is 0.125 e. The predicted molar refractivity (Wildman–Crippen MR) is 97.7 cm³/mol.